The van der Waals surface area contributed by atoms with Crippen molar-refractivity contribution in [2.24, 2.45) is 5.73 Å². The van der Waals surface area contributed by atoms with Crippen LogP contribution in [-0.2, 0) is 9.59 Å². The number of hydrogen-bond acceptors (Lipinski definition) is 5. The second kappa shape index (κ2) is 8.18. The third-order valence-corrected chi connectivity index (χ3v) is 5.92. The molecule has 2 fully saturated rings. The fraction of sp³-hybridized carbons (Fsp3) is 0.550. The van der Waals surface area contributed by atoms with Crippen molar-refractivity contribution in [3.8, 4) is 0 Å². The first-order chi connectivity index (χ1) is 13.3. The SMILES string of the molecule is CC(=O)Nc1ccc(N2CCC(C(N)=O)(N3CCCCC3)CC2)cc1C(=O)O. The van der Waals surface area contributed by atoms with E-state index in [1.54, 1.807) is 18.2 Å². The summed E-state index contributed by atoms with van der Waals surface area (Å²) in [7, 11) is 0. The highest BCUT2D eigenvalue weighted by Gasteiger charge is 2.45. The molecular formula is C20H28N4O4. The standard InChI is InChI=1S/C20H28N4O4/c1-14(25)22-17-6-5-15(13-16(17)18(26)27)23-11-7-20(8-12-23,19(21)28)24-9-3-2-4-10-24/h5-6,13H,2-4,7-12H2,1H3,(H2,21,28)(H,22,25)(H,26,27). The maximum atomic E-state index is 12.4. The number of hydrogen-bond donors (Lipinski definition) is 3. The van der Waals surface area contributed by atoms with Gasteiger partial charge in [0.15, 0.2) is 0 Å². The number of carboxylic acid groups (broad SMARTS) is 1. The number of carbonyl (C=O) groups excluding carboxylic acids is 2. The predicted octanol–water partition coefficient (Wildman–Crippen LogP) is 1.65. The van der Waals surface area contributed by atoms with Gasteiger partial charge in [0.25, 0.3) is 0 Å². The number of rotatable bonds is 5. The second-order valence-corrected chi connectivity index (χ2v) is 7.65. The largest absolute Gasteiger partial charge is 0.478 e. The van der Waals surface area contributed by atoms with E-state index in [4.69, 9.17) is 5.73 Å². The Labute approximate surface area is 164 Å². The molecule has 8 heteroatoms. The van der Waals surface area contributed by atoms with E-state index in [-0.39, 0.29) is 23.1 Å². The van der Waals surface area contributed by atoms with E-state index in [9.17, 15) is 19.5 Å². The molecule has 0 unspecified atom stereocenters. The Kier molecular flexibility index (Phi) is 5.88. The third-order valence-electron chi connectivity index (χ3n) is 5.92. The highest BCUT2D eigenvalue weighted by molar-refractivity contribution is 6.00. The zero-order chi connectivity index (χ0) is 20.3. The van der Waals surface area contributed by atoms with Gasteiger partial charge in [0.2, 0.25) is 11.8 Å². The Morgan fingerprint density at radius 1 is 1.07 bits per heavy atom. The minimum atomic E-state index is -1.09. The normalized spacial score (nSPS) is 19.8. The molecule has 0 aliphatic carbocycles. The topological polar surface area (TPSA) is 116 Å². The molecule has 8 nitrogen and oxygen atoms in total. The van der Waals surface area contributed by atoms with E-state index in [0.29, 0.717) is 25.9 Å². The molecular weight excluding hydrogens is 360 g/mol. The number of primary amides is 1. The summed E-state index contributed by atoms with van der Waals surface area (Å²) in [6.45, 7) is 4.39. The van der Waals surface area contributed by atoms with Crippen molar-refractivity contribution < 1.29 is 19.5 Å². The van der Waals surface area contributed by atoms with Crippen LogP contribution >= 0.6 is 0 Å². The van der Waals surface area contributed by atoms with E-state index < -0.39 is 11.5 Å². The lowest BCUT2D eigenvalue weighted by Gasteiger charge is -2.48. The lowest BCUT2D eigenvalue weighted by Crippen LogP contribution is -2.63. The zero-order valence-electron chi connectivity index (χ0n) is 16.2. The molecule has 0 saturated carbocycles. The van der Waals surface area contributed by atoms with Gasteiger partial charge in [0.1, 0.15) is 5.54 Å². The van der Waals surface area contributed by atoms with Crippen LogP contribution in [0.3, 0.4) is 0 Å². The van der Waals surface area contributed by atoms with Gasteiger partial charge >= 0.3 is 5.97 Å². The lowest BCUT2D eigenvalue weighted by molar-refractivity contribution is -0.132. The van der Waals surface area contributed by atoms with Crippen molar-refractivity contribution >= 4 is 29.2 Å². The Morgan fingerprint density at radius 2 is 1.71 bits per heavy atom. The number of anilines is 2. The van der Waals surface area contributed by atoms with Gasteiger partial charge in [-0.05, 0) is 57.0 Å². The number of likely N-dealkylation sites (tertiary alicyclic amines) is 1. The average Bonchev–Trinajstić information content (AvgIpc) is 2.68. The van der Waals surface area contributed by atoms with Gasteiger partial charge in [-0.15, -0.1) is 0 Å². The zero-order valence-corrected chi connectivity index (χ0v) is 16.2. The van der Waals surface area contributed by atoms with Gasteiger partial charge in [-0.2, -0.15) is 0 Å². The van der Waals surface area contributed by atoms with Crippen LogP contribution in [-0.4, -0.2) is 59.5 Å². The number of nitrogens with two attached hydrogens (primary N) is 1. The van der Waals surface area contributed by atoms with Crippen molar-refractivity contribution in [2.45, 2.75) is 44.6 Å². The maximum Gasteiger partial charge on any atom is 0.337 e. The smallest absolute Gasteiger partial charge is 0.337 e. The Morgan fingerprint density at radius 3 is 2.25 bits per heavy atom. The predicted molar refractivity (Wildman–Crippen MR) is 107 cm³/mol. The third kappa shape index (κ3) is 3.96. The fourth-order valence-electron chi connectivity index (χ4n) is 4.38. The van der Waals surface area contributed by atoms with Crippen LogP contribution in [0.1, 0.15) is 49.4 Å². The van der Waals surface area contributed by atoms with Crippen LogP contribution in [0.15, 0.2) is 18.2 Å². The summed E-state index contributed by atoms with van der Waals surface area (Å²) >= 11 is 0. The van der Waals surface area contributed by atoms with Gasteiger partial charge in [0, 0.05) is 25.7 Å². The molecule has 28 heavy (non-hydrogen) atoms. The summed E-state index contributed by atoms with van der Waals surface area (Å²) in [6, 6.07) is 4.99. The molecule has 1 aromatic rings. The summed E-state index contributed by atoms with van der Waals surface area (Å²) in [5, 5.41) is 12.0. The molecule has 0 bridgehead atoms. The molecule has 0 radical (unpaired) electrons. The number of amides is 2. The molecule has 2 aliphatic heterocycles. The van der Waals surface area contributed by atoms with Crippen molar-refractivity contribution in [3.63, 3.8) is 0 Å². The summed E-state index contributed by atoms with van der Waals surface area (Å²) < 4.78 is 0. The molecule has 0 atom stereocenters. The number of aromatic carboxylic acids is 1. The van der Waals surface area contributed by atoms with E-state index in [1.807, 2.05) is 0 Å². The van der Waals surface area contributed by atoms with Crippen LogP contribution in [0.5, 0.6) is 0 Å². The van der Waals surface area contributed by atoms with Crippen LogP contribution < -0.4 is 16.0 Å². The highest BCUT2D eigenvalue weighted by Crippen LogP contribution is 2.34. The molecule has 152 valence electrons. The molecule has 2 amide bonds. The lowest BCUT2D eigenvalue weighted by atomic mass is 9.83. The van der Waals surface area contributed by atoms with Crippen molar-refractivity contribution in [1.82, 2.24) is 4.90 Å². The Bertz CT molecular complexity index is 765. The van der Waals surface area contributed by atoms with Crippen molar-refractivity contribution in [2.75, 3.05) is 36.4 Å². The molecule has 4 N–H and O–H groups in total. The number of piperidine rings is 2. The monoisotopic (exact) mass is 388 g/mol. The molecule has 2 aliphatic rings. The fourth-order valence-corrected chi connectivity index (χ4v) is 4.38. The molecule has 2 saturated heterocycles. The van der Waals surface area contributed by atoms with E-state index in [0.717, 1.165) is 31.6 Å². The van der Waals surface area contributed by atoms with Crippen LogP contribution in [0.25, 0.3) is 0 Å². The second-order valence-electron chi connectivity index (χ2n) is 7.65. The van der Waals surface area contributed by atoms with Crippen molar-refractivity contribution in [3.05, 3.63) is 23.8 Å². The Hall–Kier alpha value is -2.61. The van der Waals surface area contributed by atoms with Crippen LogP contribution in [0.4, 0.5) is 11.4 Å². The van der Waals surface area contributed by atoms with Gasteiger partial charge in [-0.1, -0.05) is 6.42 Å². The molecule has 3 rings (SSSR count). The first-order valence-corrected chi connectivity index (χ1v) is 9.78. The van der Waals surface area contributed by atoms with Gasteiger partial charge in [-0.25, -0.2) is 4.79 Å². The van der Waals surface area contributed by atoms with Crippen LogP contribution in [0.2, 0.25) is 0 Å². The first kappa shape index (κ1) is 20.1. The van der Waals surface area contributed by atoms with Gasteiger partial charge in [-0.3, -0.25) is 14.5 Å². The average molecular weight is 388 g/mol. The highest BCUT2D eigenvalue weighted by atomic mass is 16.4. The summed E-state index contributed by atoms with van der Waals surface area (Å²) in [6.07, 6.45) is 4.61. The summed E-state index contributed by atoms with van der Waals surface area (Å²) in [5.74, 6) is -1.68. The van der Waals surface area contributed by atoms with Gasteiger partial charge < -0.3 is 21.1 Å². The number of benzene rings is 1. The van der Waals surface area contributed by atoms with E-state index in [2.05, 4.69) is 15.1 Å². The summed E-state index contributed by atoms with van der Waals surface area (Å²) in [5.41, 5.74) is 6.32. The molecule has 0 aromatic heterocycles. The minimum Gasteiger partial charge on any atom is -0.478 e. The maximum absolute atomic E-state index is 12.4. The number of nitrogens with one attached hydrogen (secondary N) is 1. The summed E-state index contributed by atoms with van der Waals surface area (Å²) in [4.78, 5) is 39.6. The minimum absolute atomic E-state index is 0.0514. The van der Waals surface area contributed by atoms with E-state index in [1.165, 1.54) is 13.3 Å². The molecule has 2 heterocycles. The van der Waals surface area contributed by atoms with Crippen LogP contribution in [0, 0.1) is 0 Å². The first-order valence-electron chi connectivity index (χ1n) is 9.78. The number of nitrogens with zero attached hydrogens (tertiary/aromatic N) is 2. The number of carboxylic acids is 1. The number of carbonyl (C=O) groups is 3. The quantitative estimate of drug-likeness (QED) is 0.706. The van der Waals surface area contributed by atoms with E-state index >= 15 is 0 Å². The van der Waals surface area contributed by atoms with Gasteiger partial charge in [0.05, 0.1) is 11.3 Å². The van der Waals surface area contributed by atoms with Crippen molar-refractivity contribution in [1.29, 1.82) is 0 Å². The Balaban J connectivity index is 1.78. The molecule has 1 aromatic carbocycles. The molecule has 0 spiro atoms.